The number of ether oxygens (including phenoxy) is 1. The summed E-state index contributed by atoms with van der Waals surface area (Å²) in [5.74, 6) is -1.85. The summed E-state index contributed by atoms with van der Waals surface area (Å²) in [5, 5.41) is 3.48. The second-order valence-electron chi connectivity index (χ2n) is 5.05. The summed E-state index contributed by atoms with van der Waals surface area (Å²) in [5.41, 5.74) is 0.639. The molecule has 0 N–H and O–H groups in total. The molecular formula is C17H12F2O4S. The molecule has 7 heteroatoms. The number of esters is 1. The molecule has 0 unspecified atom stereocenters. The van der Waals surface area contributed by atoms with Gasteiger partial charge in [0, 0.05) is 18.5 Å². The number of carbonyl (C=O) groups excluding carboxylic acids is 1. The van der Waals surface area contributed by atoms with Crippen LogP contribution in [-0.2, 0) is 25.4 Å². The van der Waals surface area contributed by atoms with Crippen molar-refractivity contribution in [3.8, 4) is 0 Å². The summed E-state index contributed by atoms with van der Waals surface area (Å²) in [6.07, 6.45) is -4.23. The van der Waals surface area contributed by atoms with Gasteiger partial charge in [0.1, 0.15) is 6.61 Å². The average molecular weight is 350 g/mol. The Kier molecular flexibility index (Phi) is 4.66. The van der Waals surface area contributed by atoms with Gasteiger partial charge in [0.15, 0.2) is 0 Å². The summed E-state index contributed by atoms with van der Waals surface area (Å²) in [6.45, 7) is -0.327. The number of rotatable bonds is 5. The van der Waals surface area contributed by atoms with E-state index in [0.29, 0.717) is 5.56 Å². The molecule has 0 aliphatic carbocycles. The van der Waals surface area contributed by atoms with Crippen molar-refractivity contribution in [2.75, 3.05) is 0 Å². The number of thiol groups is 1. The fourth-order valence-corrected chi connectivity index (χ4v) is 2.66. The van der Waals surface area contributed by atoms with Crippen LogP contribution in [0.4, 0.5) is 8.78 Å². The zero-order valence-corrected chi connectivity index (χ0v) is 13.1. The Bertz CT molecular complexity index is 844. The first-order valence-electron chi connectivity index (χ1n) is 6.96. The number of carbonyl (C=O) groups is 1. The van der Waals surface area contributed by atoms with Crippen molar-refractivity contribution in [1.29, 1.82) is 0 Å². The van der Waals surface area contributed by atoms with Crippen LogP contribution >= 0.6 is 12.9 Å². The van der Waals surface area contributed by atoms with Crippen molar-refractivity contribution in [2.45, 2.75) is 12.7 Å². The standard InChI is InChI=1S/C17H12F2O4S/c18-17(19,22-23-24)16(20)21-10-15-13-7-3-1-5-11(13)9-12-6-2-4-8-14(12)15/h1-9,24H,10H2. The maximum absolute atomic E-state index is 13.3. The van der Waals surface area contributed by atoms with E-state index in [4.69, 9.17) is 4.74 Å². The molecule has 0 spiro atoms. The van der Waals surface area contributed by atoms with Crippen LogP contribution in [0, 0.1) is 0 Å². The molecule has 0 saturated heterocycles. The van der Waals surface area contributed by atoms with Gasteiger partial charge in [-0.05, 0) is 27.6 Å². The largest absolute Gasteiger partial charge is 0.483 e. The van der Waals surface area contributed by atoms with Crippen molar-refractivity contribution in [3.05, 3.63) is 60.2 Å². The zero-order chi connectivity index (χ0) is 17.2. The molecule has 0 amide bonds. The molecule has 24 heavy (non-hydrogen) atoms. The molecular weight excluding hydrogens is 338 g/mol. The minimum absolute atomic E-state index is 0.327. The van der Waals surface area contributed by atoms with Crippen LogP contribution in [0.1, 0.15) is 5.56 Å². The quantitative estimate of drug-likeness (QED) is 0.185. The predicted octanol–water partition coefficient (Wildman–Crippen LogP) is 4.42. The van der Waals surface area contributed by atoms with Gasteiger partial charge < -0.3 is 4.74 Å². The molecule has 0 aromatic heterocycles. The maximum Gasteiger partial charge on any atom is 0.483 e. The lowest BCUT2D eigenvalue weighted by atomic mass is 9.97. The maximum atomic E-state index is 13.3. The lowest BCUT2D eigenvalue weighted by Crippen LogP contribution is -2.33. The van der Waals surface area contributed by atoms with E-state index in [0.717, 1.165) is 21.5 Å². The Morgan fingerprint density at radius 2 is 1.54 bits per heavy atom. The Morgan fingerprint density at radius 1 is 1.00 bits per heavy atom. The molecule has 0 aliphatic heterocycles. The summed E-state index contributed by atoms with van der Waals surface area (Å²) >= 11 is 3.03. The van der Waals surface area contributed by atoms with Gasteiger partial charge in [0.25, 0.3) is 0 Å². The molecule has 0 fully saturated rings. The van der Waals surface area contributed by atoms with E-state index < -0.39 is 12.1 Å². The number of alkyl halides is 2. The molecule has 0 bridgehead atoms. The van der Waals surface area contributed by atoms with Crippen LogP contribution in [0.15, 0.2) is 54.6 Å². The molecule has 3 rings (SSSR count). The van der Waals surface area contributed by atoms with Gasteiger partial charge in [-0.15, -0.1) is 4.89 Å². The first kappa shape index (κ1) is 16.6. The predicted molar refractivity (Wildman–Crippen MR) is 87.4 cm³/mol. The monoisotopic (exact) mass is 350 g/mol. The summed E-state index contributed by atoms with van der Waals surface area (Å²) in [7, 11) is 0. The number of benzene rings is 3. The van der Waals surface area contributed by atoms with E-state index in [9.17, 15) is 13.6 Å². The van der Waals surface area contributed by atoms with E-state index >= 15 is 0 Å². The highest BCUT2D eigenvalue weighted by Gasteiger charge is 2.44. The van der Waals surface area contributed by atoms with Crippen LogP contribution < -0.4 is 0 Å². The highest BCUT2D eigenvalue weighted by Crippen LogP contribution is 2.29. The van der Waals surface area contributed by atoms with Gasteiger partial charge in [-0.2, -0.15) is 13.1 Å². The molecule has 3 aromatic rings. The van der Waals surface area contributed by atoms with Gasteiger partial charge in [-0.3, -0.25) is 0 Å². The lowest BCUT2D eigenvalue weighted by molar-refractivity contribution is -0.369. The minimum atomic E-state index is -4.23. The molecule has 4 nitrogen and oxygen atoms in total. The van der Waals surface area contributed by atoms with Crippen molar-refractivity contribution in [2.24, 2.45) is 0 Å². The topological polar surface area (TPSA) is 44.8 Å². The summed E-state index contributed by atoms with van der Waals surface area (Å²) in [6, 6.07) is 16.9. The SMILES string of the molecule is O=C(OCc1c2ccccc2cc2ccccc12)C(F)(F)OOS. The van der Waals surface area contributed by atoms with E-state index in [-0.39, 0.29) is 6.61 Å². The summed E-state index contributed by atoms with van der Waals surface area (Å²) in [4.78, 5) is 15.0. The van der Waals surface area contributed by atoms with Crippen molar-refractivity contribution >= 4 is 40.4 Å². The van der Waals surface area contributed by atoms with E-state index in [1.165, 1.54) is 0 Å². The Hall–Kier alpha value is -2.22. The fraction of sp³-hybridized carbons (Fsp3) is 0.118. The van der Waals surface area contributed by atoms with Crippen LogP contribution in [0.25, 0.3) is 21.5 Å². The van der Waals surface area contributed by atoms with Gasteiger partial charge in [-0.1, -0.05) is 48.5 Å². The molecule has 0 heterocycles. The highest BCUT2D eigenvalue weighted by atomic mass is 32.1. The lowest BCUT2D eigenvalue weighted by Gasteiger charge is -2.15. The fourth-order valence-electron chi connectivity index (χ4n) is 2.57. The van der Waals surface area contributed by atoms with Gasteiger partial charge in [0.05, 0.1) is 0 Å². The third kappa shape index (κ3) is 3.19. The smallest absolute Gasteiger partial charge is 0.454 e. The molecule has 3 aromatic carbocycles. The molecule has 0 atom stereocenters. The van der Waals surface area contributed by atoms with E-state index in [2.05, 4.69) is 22.1 Å². The Labute approximate surface area is 141 Å². The van der Waals surface area contributed by atoms with Crippen molar-refractivity contribution in [1.82, 2.24) is 0 Å². The van der Waals surface area contributed by atoms with E-state index in [1.807, 2.05) is 54.6 Å². The first-order valence-corrected chi connectivity index (χ1v) is 7.33. The Balaban J connectivity index is 1.99. The molecule has 0 radical (unpaired) electrons. The van der Waals surface area contributed by atoms with Crippen LogP contribution in [-0.4, -0.2) is 12.1 Å². The molecule has 124 valence electrons. The third-order valence-electron chi connectivity index (χ3n) is 3.61. The van der Waals surface area contributed by atoms with Crippen LogP contribution in [0.5, 0.6) is 0 Å². The van der Waals surface area contributed by atoms with E-state index in [1.54, 1.807) is 0 Å². The molecule has 0 aliphatic rings. The van der Waals surface area contributed by atoms with Crippen molar-refractivity contribution in [3.63, 3.8) is 0 Å². The zero-order valence-electron chi connectivity index (χ0n) is 12.2. The van der Waals surface area contributed by atoms with Crippen molar-refractivity contribution < 1.29 is 27.5 Å². The van der Waals surface area contributed by atoms with Crippen LogP contribution in [0.2, 0.25) is 0 Å². The average Bonchev–Trinajstić information content (AvgIpc) is 2.58. The van der Waals surface area contributed by atoms with Crippen LogP contribution in [0.3, 0.4) is 0 Å². The Morgan fingerprint density at radius 3 is 2.08 bits per heavy atom. The second-order valence-corrected chi connectivity index (χ2v) is 5.20. The second kappa shape index (κ2) is 6.72. The number of hydrogen-bond acceptors (Lipinski definition) is 5. The van der Waals surface area contributed by atoms with Gasteiger partial charge in [-0.25, -0.2) is 4.79 Å². The summed E-state index contributed by atoms with van der Waals surface area (Å²) < 4.78 is 34.9. The first-order chi connectivity index (χ1) is 11.5. The third-order valence-corrected chi connectivity index (χ3v) is 3.68. The normalized spacial score (nSPS) is 11.8. The number of halogens is 2. The number of hydrogen-bond donors (Lipinski definition) is 1. The number of fused-ring (bicyclic) bond motifs is 2. The minimum Gasteiger partial charge on any atom is -0.454 e. The van der Waals surface area contributed by atoms with Gasteiger partial charge >= 0.3 is 12.1 Å². The van der Waals surface area contributed by atoms with Gasteiger partial charge in [0.2, 0.25) is 0 Å². The molecule has 0 saturated carbocycles. The highest BCUT2D eigenvalue weighted by molar-refractivity contribution is 7.74.